The molecule has 0 aliphatic rings. The zero-order valence-electron chi connectivity index (χ0n) is 11.0. The molecule has 0 radical (unpaired) electrons. The highest BCUT2D eigenvalue weighted by Gasteiger charge is 2.20. The van der Waals surface area contributed by atoms with Gasteiger partial charge in [0.25, 0.3) is 5.03 Å². The van der Waals surface area contributed by atoms with Gasteiger partial charge in [-0.1, -0.05) is 68.3 Å². The zero-order valence-corrected chi connectivity index (χ0v) is 11.9. The van der Waals surface area contributed by atoms with Crippen LogP contribution in [0.3, 0.4) is 0 Å². The Labute approximate surface area is 117 Å². The van der Waals surface area contributed by atoms with Crippen molar-refractivity contribution in [2.45, 2.75) is 37.6 Å². The molecule has 19 heavy (non-hydrogen) atoms. The fourth-order valence-corrected chi connectivity index (χ4v) is 2.81. The highest BCUT2D eigenvalue weighted by atomic mass is 32.2. The number of thioether (sulfide) groups is 1. The summed E-state index contributed by atoms with van der Waals surface area (Å²) in [6.45, 7) is 2.19. The summed E-state index contributed by atoms with van der Waals surface area (Å²) in [5.74, 6) is 0.965. The number of unbranched alkanes of at least 4 members (excludes halogenated alkanes) is 3. The van der Waals surface area contributed by atoms with E-state index in [9.17, 15) is 5.21 Å². The number of hydrogen-bond donors (Lipinski definition) is 0. The van der Waals surface area contributed by atoms with Crippen LogP contribution >= 0.6 is 11.8 Å². The number of benzene rings is 1. The largest absolute Gasteiger partial charge is 0.359 e. The van der Waals surface area contributed by atoms with Gasteiger partial charge in [0.15, 0.2) is 0 Å². The number of hydrogen-bond acceptors (Lipinski definition) is 4. The van der Waals surface area contributed by atoms with Crippen LogP contribution in [0.1, 0.15) is 32.6 Å². The van der Waals surface area contributed by atoms with E-state index >= 15 is 0 Å². The lowest BCUT2D eigenvalue weighted by Gasteiger charge is -1.99. The van der Waals surface area contributed by atoms with Gasteiger partial charge in [-0.05, 0) is 11.3 Å². The van der Waals surface area contributed by atoms with Crippen LogP contribution < -0.4 is 4.90 Å². The standard InChI is InChI=1S/C14H18N2O2S/c1-2-3-4-8-11-19-14-13(16(17)18-15-14)12-9-6-5-7-10-12/h5-7,9-10H,2-4,8,11H2,1H3. The van der Waals surface area contributed by atoms with E-state index in [0.717, 1.165) is 17.7 Å². The molecule has 4 nitrogen and oxygen atoms in total. The van der Waals surface area contributed by atoms with Crippen LogP contribution in [0.25, 0.3) is 11.3 Å². The molecule has 0 aliphatic heterocycles. The Hall–Kier alpha value is -1.49. The van der Waals surface area contributed by atoms with E-state index in [0.29, 0.717) is 15.6 Å². The third-order valence-corrected chi connectivity index (χ3v) is 3.90. The molecule has 102 valence electrons. The maximum Gasteiger partial charge on any atom is 0.282 e. The van der Waals surface area contributed by atoms with E-state index in [1.165, 1.54) is 19.3 Å². The van der Waals surface area contributed by atoms with Crippen molar-refractivity contribution in [3.63, 3.8) is 0 Å². The van der Waals surface area contributed by atoms with Crippen molar-refractivity contribution in [3.8, 4) is 11.3 Å². The first-order chi connectivity index (χ1) is 9.33. The van der Waals surface area contributed by atoms with Crippen molar-refractivity contribution in [1.82, 2.24) is 5.16 Å². The zero-order chi connectivity index (χ0) is 13.5. The second kappa shape index (κ2) is 7.19. The highest BCUT2D eigenvalue weighted by Crippen LogP contribution is 2.27. The summed E-state index contributed by atoms with van der Waals surface area (Å²) < 4.78 is 4.72. The first-order valence-corrected chi connectivity index (χ1v) is 7.59. The van der Waals surface area contributed by atoms with E-state index in [1.54, 1.807) is 11.8 Å². The molecule has 0 bridgehead atoms. The molecular weight excluding hydrogens is 260 g/mol. The summed E-state index contributed by atoms with van der Waals surface area (Å²) in [6.07, 6.45) is 4.84. The van der Waals surface area contributed by atoms with Crippen molar-refractivity contribution in [2.75, 3.05) is 5.75 Å². The van der Waals surface area contributed by atoms with Crippen molar-refractivity contribution in [1.29, 1.82) is 0 Å². The van der Waals surface area contributed by atoms with Crippen molar-refractivity contribution in [2.24, 2.45) is 0 Å². The van der Waals surface area contributed by atoms with E-state index < -0.39 is 0 Å². The minimum atomic E-state index is 0.490. The predicted octanol–water partition coefficient (Wildman–Crippen LogP) is 3.65. The number of nitrogens with zero attached hydrogens (tertiary/aromatic N) is 2. The van der Waals surface area contributed by atoms with Gasteiger partial charge in [-0.3, -0.25) is 4.63 Å². The average molecular weight is 278 g/mol. The number of aromatic nitrogens is 2. The Morgan fingerprint density at radius 2 is 2.00 bits per heavy atom. The molecule has 2 aromatic rings. The minimum absolute atomic E-state index is 0.490. The predicted molar refractivity (Wildman–Crippen MR) is 75.8 cm³/mol. The molecule has 0 atom stereocenters. The molecule has 0 saturated heterocycles. The smallest absolute Gasteiger partial charge is 0.282 e. The second-order valence-electron chi connectivity index (χ2n) is 4.36. The molecule has 0 N–H and O–H groups in total. The van der Waals surface area contributed by atoms with Gasteiger partial charge in [0.2, 0.25) is 5.69 Å². The van der Waals surface area contributed by atoms with Gasteiger partial charge < -0.3 is 5.21 Å². The van der Waals surface area contributed by atoms with Crippen molar-refractivity contribution < 1.29 is 9.53 Å². The second-order valence-corrected chi connectivity index (χ2v) is 5.44. The fraction of sp³-hybridized carbons (Fsp3) is 0.429. The molecule has 1 heterocycles. The summed E-state index contributed by atoms with van der Waals surface area (Å²) in [6, 6.07) is 9.50. The van der Waals surface area contributed by atoms with E-state index in [4.69, 9.17) is 4.63 Å². The summed E-state index contributed by atoms with van der Waals surface area (Å²) in [5, 5.41) is 16.2. The van der Waals surface area contributed by atoms with Crippen LogP contribution in [0.2, 0.25) is 0 Å². The Morgan fingerprint density at radius 1 is 1.21 bits per heavy atom. The Kier molecular flexibility index (Phi) is 5.27. The molecule has 1 aromatic heterocycles. The lowest BCUT2D eigenvalue weighted by atomic mass is 10.2. The Balaban J connectivity index is 2.02. The SMILES string of the molecule is CCCCCCSc1no[n+]([O-])c1-c1ccccc1. The van der Waals surface area contributed by atoms with Gasteiger partial charge in [0, 0.05) is 11.3 Å². The third kappa shape index (κ3) is 3.73. The molecule has 0 saturated carbocycles. The normalized spacial score (nSPS) is 10.8. The maximum atomic E-state index is 11.6. The van der Waals surface area contributed by atoms with Gasteiger partial charge in [-0.25, -0.2) is 0 Å². The molecular formula is C14H18N2O2S. The van der Waals surface area contributed by atoms with Crippen LogP contribution in [-0.4, -0.2) is 10.9 Å². The Morgan fingerprint density at radius 3 is 2.74 bits per heavy atom. The lowest BCUT2D eigenvalue weighted by Crippen LogP contribution is -2.25. The summed E-state index contributed by atoms with van der Waals surface area (Å²) in [4.78, 5) is 0.490. The Bertz CT molecular complexity index is 499. The lowest BCUT2D eigenvalue weighted by molar-refractivity contribution is -0.793. The van der Waals surface area contributed by atoms with Gasteiger partial charge in [0.1, 0.15) is 0 Å². The quantitative estimate of drug-likeness (QED) is 0.441. The third-order valence-electron chi connectivity index (χ3n) is 2.87. The van der Waals surface area contributed by atoms with E-state index in [-0.39, 0.29) is 0 Å². The minimum Gasteiger partial charge on any atom is -0.359 e. The molecule has 0 spiro atoms. The van der Waals surface area contributed by atoms with Crippen molar-refractivity contribution >= 4 is 11.8 Å². The number of rotatable bonds is 7. The average Bonchev–Trinajstić information content (AvgIpc) is 2.81. The van der Waals surface area contributed by atoms with Crippen LogP contribution in [0.4, 0.5) is 0 Å². The summed E-state index contributed by atoms with van der Waals surface area (Å²) in [7, 11) is 0. The molecule has 2 rings (SSSR count). The molecule has 0 amide bonds. The summed E-state index contributed by atoms with van der Waals surface area (Å²) >= 11 is 1.59. The first kappa shape index (κ1) is 13.9. The van der Waals surface area contributed by atoms with E-state index in [1.807, 2.05) is 30.3 Å². The summed E-state index contributed by atoms with van der Waals surface area (Å²) in [5.41, 5.74) is 1.36. The van der Waals surface area contributed by atoms with Crippen LogP contribution in [0, 0.1) is 5.21 Å². The van der Waals surface area contributed by atoms with E-state index in [2.05, 4.69) is 12.1 Å². The topological polar surface area (TPSA) is 53.0 Å². The molecule has 1 aromatic carbocycles. The van der Waals surface area contributed by atoms with Gasteiger partial charge >= 0.3 is 0 Å². The van der Waals surface area contributed by atoms with Crippen LogP contribution in [0.5, 0.6) is 0 Å². The highest BCUT2D eigenvalue weighted by molar-refractivity contribution is 7.99. The fourth-order valence-electron chi connectivity index (χ4n) is 1.85. The molecule has 5 heteroatoms. The molecule has 0 fully saturated rings. The maximum absolute atomic E-state index is 11.6. The van der Waals surface area contributed by atoms with Gasteiger partial charge in [-0.15, -0.1) is 0 Å². The van der Waals surface area contributed by atoms with Crippen LogP contribution in [-0.2, 0) is 0 Å². The molecule has 0 unspecified atom stereocenters. The first-order valence-electron chi connectivity index (χ1n) is 6.61. The van der Waals surface area contributed by atoms with Gasteiger partial charge in [0.05, 0.1) is 5.16 Å². The molecule has 0 aliphatic carbocycles. The van der Waals surface area contributed by atoms with Crippen LogP contribution in [0.15, 0.2) is 40.0 Å². The van der Waals surface area contributed by atoms with Gasteiger partial charge in [-0.2, -0.15) is 0 Å². The monoisotopic (exact) mass is 278 g/mol. The van der Waals surface area contributed by atoms with Crippen molar-refractivity contribution in [3.05, 3.63) is 35.5 Å².